The summed E-state index contributed by atoms with van der Waals surface area (Å²) in [5, 5.41) is 23.7. The minimum atomic E-state index is -0.884. The van der Waals surface area contributed by atoms with Gasteiger partial charge in [0.1, 0.15) is 23.2 Å². The van der Waals surface area contributed by atoms with Crippen LogP contribution in [0.15, 0.2) is 53.6 Å². The number of H-pyrrole nitrogens is 1. The average Bonchev–Trinajstić information content (AvgIpc) is 3.66. The van der Waals surface area contributed by atoms with Crippen molar-refractivity contribution in [1.82, 2.24) is 34.8 Å². The Bertz CT molecular complexity index is 1940. The number of aliphatic hydroxyl groups excluding tert-OH is 1. The monoisotopic (exact) mass is 712 g/mol. The molecule has 14 heteroatoms. The van der Waals surface area contributed by atoms with Gasteiger partial charge in [-0.1, -0.05) is 12.1 Å². The number of anilines is 1. The topological polar surface area (TPSA) is 157 Å². The lowest BCUT2D eigenvalue weighted by atomic mass is 9.89. The van der Waals surface area contributed by atoms with E-state index in [1.165, 1.54) is 5.56 Å². The van der Waals surface area contributed by atoms with Crippen LogP contribution in [0.3, 0.4) is 0 Å². The van der Waals surface area contributed by atoms with Crippen molar-refractivity contribution in [2.75, 3.05) is 65.3 Å². The number of benzene rings is 2. The Balaban J connectivity index is 0.898. The smallest absolute Gasteiger partial charge is 0.276 e. The predicted molar refractivity (Wildman–Crippen MR) is 197 cm³/mol. The summed E-state index contributed by atoms with van der Waals surface area (Å²) in [5.74, 6) is 1.90. The normalized spacial score (nSPS) is 20.5. The van der Waals surface area contributed by atoms with E-state index in [2.05, 4.69) is 42.8 Å². The molecule has 2 amide bonds. The highest BCUT2D eigenvalue weighted by atomic mass is 16.5. The number of aromatic amines is 1. The largest absolute Gasteiger partial charge is 0.496 e. The molecule has 4 N–H and O–H groups in total. The van der Waals surface area contributed by atoms with Crippen LogP contribution in [0, 0.1) is 0 Å². The van der Waals surface area contributed by atoms with Gasteiger partial charge in [-0.25, -0.2) is 0 Å². The van der Waals surface area contributed by atoms with Crippen LogP contribution in [-0.4, -0.2) is 119 Å². The first-order valence-electron chi connectivity index (χ1n) is 18.0. The lowest BCUT2D eigenvalue weighted by Gasteiger charge is -2.37. The number of hydrogen-bond acceptors (Lipinski definition) is 10. The second-order valence-corrected chi connectivity index (χ2v) is 14.1. The summed E-state index contributed by atoms with van der Waals surface area (Å²) in [4.78, 5) is 44.0. The van der Waals surface area contributed by atoms with Crippen LogP contribution in [0.4, 0.5) is 5.69 Å². The SMILES string of the molecule is COc1cc(-c2cn(C)c(=O)c3[nH]ncc23)cc(OC)c1CN1CCN(C(=O)CN2CCC(c3ccc(NC4CCC(=O)NC4O)cc3)CC2)CC1. The fraction of sp³-hybridized carbons (Fsp3) is 0.474. The Kier molecular flexibility index (Phi) is 10.5. The van der Waals surface area contributed by atoms with Crippen molar-refractivity contribution in [3.05, 3.63) is 70.3 Å². The van der Waals surface area contributed by atoms with Crippen LogP contribution in [0.25, 0.3) is 22.0 Å². The van der Waals surface area contributed by atoms with E-state index in [0.717, 1.165) is 66.8 Å². The number of aromatic nitrogens is 3. The number of fused-ring (bicyclic) bond motifs is 1. The van der Waals surface area contributed by atoms with Crippen molar-refractivity contribution in [3.8, 4) is 22.6 Å². The van der Waals surface area contributed by atoms with Crippen molar-refractivity contribution in [2.45, 2.75) is 50.4 Å². The predicted octanol–water partition coefficient (Wildman–Crippen LogP) is 2.48. The maximum Gasteiger partial charge on any atom is 0.276 e. The molecule has 7 rings (SSSR count). The highest BCUT2D eigenvalue weighted by Crippen LogP contribution is 2.38. The number of aliphatic hydroxyl groups is 1. The maximum atomic E-state index is 13.4. The molecule has 0 radical (unpaired) electrons. The van der Waals surface area contributed by atoms with Crippen LogP contribution in [0.1, 0.15) is 42.7 Å². The number of nitrogens with one attached hydrogen (secondary N) is 3. The second kappa shape index (κ2) is 15.4. The van der Waals surface area contributed by atoms with Crippen LogP contribution < -0.4 is 25.7 Å². The molecule has 0 spiro atoms. The summed E-state index contributed by atoms with van der Waals surface area (Å²) >= 11 is 0. The molecule has 14 nitrogen and oxygen atoms in total. The van der Waals surface area contributed by atoms with Crippen LogP contribution in [0.2, 0.25) is 0 Å². The first-order chi connectivity index (χ1) is 25.2. The summed E-state index contributed by atoms with van der Waals surface area (Å²) in [6, 6.07) is 12.1. The van der Waals surface area contributed by atoms with Crippen molar-refractivity contribution < 1.29 is 24.2 Å². The van der Waals surface area contributed by atoms with Gasteiger partial charge in [0.2, 0.25) is 11.8 Å². The Hall–Kier alpha value is -4.92. The van der Waals surface area contributed by atoms with Gasteiger partial charge < -0.3 is 34.7 Å². The zero-order chi connectivity index (χ0) is 36.4. The van der Waals surface area contributed by atoms with Crippen molar-refractivity contribution in [3.63, 3.8) is 0 Å². The number of likely N-dealkylation sites (tertiary alicyclic amines) is 1. The van der Waals surface area contributed by atoms with E-state index in [1.54, 1.807) is 38.2 Å². The first-order valence-corrected chi connectivity index (χ1v) is 18.0. The zero-order valence-electron chi connectivity index (χ0n) is 30.1. The number of amides is 2. The van der Waals surface area contributed by atoms with E-state index in [9.17, 15) is 19.5 Å². The summed E-state index contributed by atoms with van der Waals surface area (Å²) in [7, 11) is 5.02. The lowest BCUT2D eigenvalue weighted by Crippen LogP contribution is -2.51. The Morgan fingerprint density at radius 1 is 0.962 bits per heavy atom. The van der Waals surface area contributed by atoms with Gasteiger partial charge >= 0.3 is 0 Å². The van der Waals surface area contributed by atoms with Crippen molar-refractivity contribution in [1.29, 1.82) is 0 Å². The lowest BCUT2D eigenvalue weighted by molar-refractivity contribution is -0.134. The number of carbonyl (C=O) groups excluding carboxylic acids is 2. The average molecular weight is 713 g/mol. The summed E-state index contributed by atoms with van der Waals surface area (Å²) in [6.45, 7) is 5.65. The molecule has 3 aliphatic heterocycles. The van der Waals surface area contributed by atoms with E-state index >= 15 is 0 Å². The number of rotatable bonds is 10. The molecule has 0 bridgehead atoms. The Morgan fingerprint density at radius 3 is 2.31 bits per heavy atom. The third-order valence-corrected chi connectivity index (χ3v) is 10.9. The highest BCUT2D eigenvalue weighted by molar-refractivity contribution is 5.94. The van der Waals surface area contributed by atoms with Gasteiger partial charge in [0.15, 0.2) is 0 Å². The summed E-state index contributed by atoms with van der Waals surface area (Å²) in [5.41, 5.74) is 5.17. The quantitative estimate of drug-likeness (QED) is 0.193. The molecular formula is C38H48N8O6. The molecule has 4 aromatic rings. The van der Waals surface area contributed by atoms with Gasteiger partial charge in [-0.2, -0.15) is 5.10 Å². The number of carbonyl (C=O) groups is 2. The molecule has 3 aliphatic rings. The number of piperazine rings is 1. The second-order valence-electron chi connectivity index (χ2n) is 14.1. The van der Waals surface area contributed by atoms with E-state index in [0.29, 0.717) is 62.0 Å². The fourth-order valence-corrected chi connectivity index (χ4v) is 7.77. The molecule has 2 aromatic carbocycles. The van der Waals surface area contributed by atoms with Crippen LogP contribution in [0.5, 0.6) is 11.5 Å². The molecule has 2 atom stereocenters. The highest BCUT2D eigenvalue weighted by Gasteiger charge is 2.29. The Morgan fingerprint density at radius 2 is 1.65 bits per heavy atom. The summed E-state index contributed by atoms with van der Waals surface area (Å²) < 4.78 is 13.3. The van der Waals surface area contributed by atoms with Gasteiger partial charge in [0, 0.05) is 69.0 Å². The van der Waals surface area contributed by atoms with Gasteiger partial charge in [0.25, 0.3) is 5.56 Å². The zero-order valence-corrected chi connectivity index (χ0v) is 30.1. The molecule has 0 saturated carbocycles. The van der Waals surface area contributed by atoms with E-state index in [-0.39, 0.29) is 23.4 Å². The molecular weight excluding hydrogens is 664 g/mol. The minimum Gasteiger partial charge on any atom is -0.496 e. The molecule has 52 heavy (non-hydrogen) atoms. The number of methoxy groups -OCH3 is 2. The third kappa shape index (κ3) is 7.50. The Labute approximate surface area is 302 Å². The number of aryl methyl sites for hydroxylation is 1. The maximum absolute atomic E-state index is 13.4. The molecule has 2 aromatic heterocycles. The number of piperidine rings is 2. The van der Waals surface area contributed by atoms with Crippen LogP contribution in [-0.2, 0) is 23.2 Å². The van der Waals surface area contributed by atoms with Gasteiger partial charge in [0.05, 0.1) is 38.6 Å². The third-order valence-electron chi connectivity index (χ3n) is 10.9. The number of ether oxygens (including phenoxy) is 2. The van der Waals surface area contributed by atoms with Gasteiger partial charge in [-0.05, 0) is 73.7 Å². The minimum absolute atomic E-state index is 0.119. The number of nitrogens with zero attached hydrogens (tertiary/aromatic N) is 5. The molecule has 2 unspecified atom stereocenters. The van der Waals surface area contributed by atoms with Crippen molar-refractivity contribution >= 4 is 28.4 Å². The fourth-order valence-electron chi connectivity index (χ4n) is 7.77. The number of pyridine rings is 1. The molecule has 3 fully saturated rings. The summed E-state index contributed by atoms with van der Waals surface area (Å²) in [6.07, 6.45) is 5.59. The van der Waals surface area contributed by atoms with Gasteiger partial charge in [-0.15, -0.1) is 0 Å². The number of hydrogen-bond donors (Lipinski definition) is 4. The van der Waals surface area contributed by atoms with Crippen molar-refractivity contribution in [2.24, 2.45) is 7.05 Å². The molecule has 3 saturated heterocycles. The molecule has 276 valence electrons. The van der Waals surface area contributed by atoms with E-state index in [4.69, 9.17) is 9.47 Å². The molecule has 0 aliphatic carbocycles. The molecule has 5 heterocycles. The van der Waals surface area contributed by atoms with Gasteiger partial charge in [-0.3, -0.25) is 29.3 Å². The first kappa shape index (κ1) is 35.5. The standard InChI is InChI=1S/C38H48N8O6/c1-43-21-29(28-20-39-42-36(28)38(43)50)26-18-32(51-2)30(33(19-26)52-3)22-45-14-16-46(17-15-45)35(48)23-44-12-10-25(11-13-44)24-4-6-27(7-5-24)40-31-8-9-34(47)41-37(31)49/h4-7,18-21,25,31,37,40,49H,8-17,22-23H2,1-3H3,(H,39,42)(H,41,47). The van der Waals surface area contributed by atoms with E-state index in [1.807, 2.05) is 29.2 Å². The van der Waals surface area contributed by atoms with E-state index < -0.39 is 6.23 Å². The van der Waals surface area contributed by atoms with Crippen LogP contribution >= 0.6 is 0 Å².